The molecule has 2 aromatic carbocycles. The van der Waals surface area contributed by atoms with E-state index in [9.17, 15) is 13.2 Å². The summed E-state index contributed by atoms with van der Waals surface area (Å²) in [5, 5.41) is 0.249. The number of nitrogens with zero attached hydrogens (tertiary/aromatic N) is 3. The number of halogens is 1. The highest BCUT2D eigenvalue weighted by atomic mass is 35.5. The number of methoxy groups -OCH3 is 1. The molecule has 0 unspecified atom stereocenters. The van der Waals surface area contributed by atoms with Gasteiger partial charge < -0.3 is 14.5 Å². The highest BCUT2D eigenvalue weighted by molar-refractivity contribution is 7.89. The van der Waals surface area contributed by atoms with E-state index in [1.165, 1.54) is 22.5 Å². The van der Waals surface area contributed by atoms with E-state index in [4.69, 9.17) is 16.3 Å². The van der Waals surface area contributed by atoms with Crippen molar-refractivity contribution in [2.75, 3.05) is 51.3 Å². The molecule has 31 heavy (non-hydrogen) atoms. The minimum absolute atomic E-state index is 0.0824. The summed E-state index contributed by atoms with van der Waals surface area (Å²) in [6.45, 7) is 6.63. The van der Waals surface area contributed by atoms with Crippen molar-refractivity contribution in [3.8, 4) is 5.75 Å². The van der Waals surface area contributed by atoms with Crippen LogP contribution in [0.5, 0.6) is 5.75 Å². The van der Waals surface area contributed by atoms with Gasteiger partial charge in [-0.3, -0.25) is 4.79 Å². The zero-order valence-electron chi connectivity index (χ0n) is 18.0. The average Bonchev–Trinajstić information content (AvgIpc) is 2.79. The molecule has 168 valence electrons. The lowest BCUT2D eigenvalue weighted by atomic mass is 10.1. The number of piperazine rings is 1. The van der Waals surface area contributed by atoms with E-state index in [1.807, 2.05) is 24.3 Å². The first kappa shape index (κ1) is 23.4. The molecule has 0 N–H and O–H groups in total. The van der Waals surface area contributed by atoms with Gasteiger partial charge in [0.2, 0.25) is 10.0 Å². The summed E-state index contributed by atoms with van der Waals surface area (Å²) in [6.07, 6.45) is 0. The molecular weight excluding hydrogens is 438 g/mol. The van der Waals surface area contributed by atoms with Crippen LogP contribution >= 0.6 is 11.6 Å². The largest absolute Gasteiger partial charge is 0.497 e. The van der Waals surface area contributed by atoms with Crippen molar-refractivity contribution < 1.29 is 17.9 Å². The third-order valence-electron chi connectivity index (χ3n) is 5.50. The quantitative estimate of drug-likeness (QED) is 0.627. The van der Waals surface area contributed by atoms with Crippen LogP contribution < -0.4 is 9.64 Å². The van der Waals surface area contributed by atoms with Crippen LogP contribution in [0.4, 0.5) is 5.69 Å². The van der Waals surface area contributed by atoms with Crippen molar-refractivity contribution in [1.29, 1.82) is 0 Å². The molecule has 3 rings (SSSR count). The van der Waals surface area contributed by atoms with Crippen LogP contribution in [0, 0.1) is 0 Å². The summed E-state index contributed by atoms with van der Waals surface area (Å²) in [7, 11) is -2.04. The van der Waals surface area contributed by atoms with Gasteiger partial charge in [-0.25, -0.2) is 8.42 Å². The Labute approximate surface area is 189 Å². The smallest absolute Gasteiger partial charge is 0.255 e. The molecule has 9 heteroatoms. The van der Waals surface area contributed by atoms with Crippen molar-refractivity contribution in [2.45, 2.75) is 18.7 Å². The number of amides is 1. The fourth-order valence-corrected chi connectivity index (χ4v) is 5.37. The Balaban J connectivity index is 1.76. The molecule has 0 bridgehead atoms. The molecule has 2 aromatic rings. The Bertz CT molecular complexity index is 1030. The maximum atomic E-state index is 13.1. The fraction of sp³-hybridized carbons (Fsp3) is 0.409. The number of anilines is 1. The van der Waals surface area contributed by atoms with Crippen molar-refractivity contribution in [1.82, 2.24) is 9.21 Å². The van der Waals surface area contributed by atoms with Gasteiger partial charge in [-0.2, -0.15) is 4.31 Å². The third-order valence-corrected chi connectivity index (χ3v) is 7.87. The van der Waals surface area contributed by atoms with Crippen LogP contribution in [0.1, 0.15) is 24.2 Å². The molecular formula is C22H28ClN3O4S. The summed E-state index contributed by atoms with van der Waals surface area (Å²) in [5.41, 5.74) is 1.25. The number of rotatable bonds is 7. The van der Waals surface area contributed by atoms with E-state index < -0.39 is 10.0 Å². The zero-order chi connectivity index (χ0) is 22.6. The summed E-state index contributed by atoms with van der Waals surface area (Å²) in [6, 6.07) is 12.1. The van der Waals surface area contributed by atoms with E-state index in [1.54, 1.807) is 25.9 Å². The van der Waals surface area contributed by atoms with Gasteiger partial charge in [0.05, 0.1) is 22.6 Å². The summed E-state index contributed by atoms with van der Waals surface area (Å²) >= 11 is 6.29. The summed E-state index contributed by atoms with van der Waals surface area (Å²) in [5.74, 6) is 0.529. The number of hydrogen-bond acceptors (Lipinski definition) is 5. The van der Waals surface area contributed by atoms with Gasteiger partial charge in [-0.15, -0.1) is 0 Å². The van der Waals surface area contributed by atoms with Crippen molar-refractivity contribution >= 4 is 33.2 Å². The molecule has 1 fully saturated rings. The first-order valence-corrected chi connectivity index (χ1v) is 12.1. The molecule has 0 spiro atoms. The van der Waals surface area contributed by atoms with Gasteiger partial charge in [0.15, 0.2) is 0 Å². The number of carbonyl (C=O) groups excluding carboxylic acids is 1. The van der Waals surface area contributed by atoms with Gasteiger partial charge in [0, 0.05) is 51.0 Å². The lowest BCUT2D eigenvalue weighted by Crippen LogP contribution is -2.48. The second-order valence-corrected chi connectivity index (χ2v) is 9.56. The van der Waals surface area contributed by atoms with Crippen LogP contribution in [0.15, 0.2) is 47.4 Å². The van der Waals surface area contributed by atoms with Crippen LogP contribution in [0.3, 0.4) is 0 Å². The Morgan fingerprint density at radius 3 is 2.35 bits per heavy atom. The normalized spacial score (nSPS) is 14.7. The van der Waals surface area contributed by atoms with Gasteiger partial charge in [-0.1, -0.05) is 31.5 Å². The zero-order valence-corrected chi connectivity index (χ0v) is 19.6. The molecule has 0 aromatic heterocycles. The third kappa shape index (κ3) is 4.97. The minimum atomic E-state index is -3.67. The first-order chi connectivity index (χ1) is 14.8. The highest BCUT2D eigenvalue weighted by Crippen LogP contribution is 2.26. The molecule has 0 aliphatic carbocycles. The van der Waals surface area contributed by atoms with Crippen molar-refractivity contribution in [2.24, 2.45) is 0 Å². The van der Waals surface area contributed by atoms with E-state index in [0.29, 0.717) is 39.3 Å². The van der Waals surface area contributed by atoms with Gasteiger partial charge >= 0.3 is 0 Å². The molecule has 1 aliphatic rings. The Morgan fingerprint density at radius 2 is 1.74 bits per heavy atom. The molecule has 0 radical (unpaired) electrons. The number of carbonyl (C=O) groups is 1. The molecule has 1 aliphatic heterocycles. The number of benzene rings is 2. The van der Waals surface area contributed by atoms with E-state index in [2.05, 4.69) is 4.90 Å². The van der Waals surface area contributed by atoms with Gasteiger partial charge in [0.1, 0.15) is 5.75 Å². The average molecular weight is 466 g/mol. The first-order valence-electron chi connectivity index (χ1n) is 10.3. The predicted octanol–water partition coefficient (Wildman–Crippen LogP) is 3.34. The molecule has 1 heterocycles. The fourth-order valence-electron chi connectivity index (χ4n) is 3.69. The van der Waals surface area contributed by atoms with E-state index in [0.717, 1.165) is 11.4 Å². The number of sulfonamides is 1. The maximum absolute atomic E-state index is 13.1. The Morgan fingerprint density at radius 1 is 1.06 bits per heavy atom. The summed E-state index contributed by atoms with van der Waals surface area (Å²) in [4.78, 5) is 17.1. The Kier molecular flexibility index (Phi) is 7.46. The van der Waals surface area contributed by atoms with Crippen molar-refractivity contribution in [3.63, 3.8) is 0 Å². The highest BCUT2D eigenvalue weighted by Gasteiger charge is 2.27. The Hall–Kier alpha value is -2.29. The van der Waals surface area contributed by atoms with E-state index in [-0.39, 0.29) is 21.4 Å². The molecule has 0 saturated carbocycles. The summed E-state index contributed by atoms with van der Waals surface area (Å²) < 4.78 is 32.3. The molecule has 1 amide bonds. The van der Waals surface area contributed by atoms with Crippen LogP contribution in [-0.2, 0) is 10.0 Å². The van der Waals surface area contributed by atoms with Crippen molar-refractivity contribution in [3.05, 3.63) is 53.1 Å². The monoisotopic (exact) mass is 465 g/mol. The second kappa shape index (κ2) is 9.89. The lowest BCUT2D eigenvalue weighted by molar-refractivity contribution is 0.0746. The second-order valence-electron chi connectivity index (χ2n) is 7.21. The van der Waals surface area contributed by atoms with Crippen LogP contribution in [0.25, 0.3) is 0 Å². The van der Waals surface area contributed by atoms with Gasteiger partial charge in [0.25, 0.3) is 5.91 Å². The van der Waals surface area contributed by atoms with Crippen LogP contribution in [0.2, 0.25) is 5.02 Å². The van der Waals surface area contributed by atoms with Gasteiger partial charge in [-0.05, 0) is 30.3 Å². The SMILES string of the molecule is CCN(CC)S(=O)(=O)c1ccc(Cl)c(C(=O)N2CCN(c3cccc(OC)c3)CC2)c1. The molecule has 1 saturated heterocycles. The standard InChI is InChI=1S/C22H28ClN3O4S/c1-4-26(5-2)31(28,29)19-9-10-21(23)20(16-19)22(27)25-13-11-24(12-14-25)17-7-6-8-18(15-17)30-3/h6-10,15-16H,4-5,11-14H2,1-3H3. The van der Waals surface area contributed by atoms with Crippen LogP contribution in [-0.4, -0.2) is 69.9 Å². The predicted molar refractivity (Wildman–Crippen MR) is 123 cm³/mol. The van der Waals surface area contributed by atoms with E-state index >= 15 is 0 Å². The number of ether oxygens (including phenoxy) is 1. The topological polar surface area (TPSA) is 70.2 Å². The maximum Gasteiger partial charge on any atom is 0.255 e. The molecule has 0 atom stereocenters. The lowest BCUT2D eigenvalue weighted by Gasteiger charge is -2.36. The minimum Gasteiger partial charge on any atom is -0.497 e. The molecule has 7 nitrogen and oxygen atoms in total. The number of hydrogen-bond donors (Lipinski definition) is 0.